The fraction of sp³-hybridized carbons (Fsp3) is 0.727. The number of aliphatic hydroxyl groups excluding tert-OH is 1. The van der Waals surface area contributed by atoms with Crippen LogP contribution in [0.3, 0.4) is 0 Å². The molecular formula is C22H31NO2. The second-order valence-electron chi connectivity index (χ2n) is 9.01. The van der Waals surface area contributed by atoms with Gasteiger partial charge in [-0.3, -0.25) is 4.90 Å². The van der Waals surface area contributed by atoms with Crippen molar-refractivity contribution < 1.29 is 9.84 Å². The van der Waals surface area contributed by atoms with Gasteiger partial charge in [0.05, 0.1) is 13.2 Å². The largest absolute Gasteiger partial charge is 0.496 e. The number of aliphatic hydroxyl groups is 1. The van der Waals surface area contributed by atoms with Crippen LogP contribution in [0.1, 0.15) is 56.1 Å². The first-order valence-corrected chi connectivity index (χ1v) is 10.3. The van der Waals surface area contributed by atoms with Gasteiger partial charge in [-0.25, -0.2) is 0 Å². The van der Waals surface area contributed by atoms with Crippen molar-refractivity contribution in [1.82, 2.24) is 4.90 Å². The Bertz CT molecular complexity index is 655. The summed E-state index contributed by atoms with van der Waals surface area (Å²) >= 11 is 0. The van der Waals surface area contributed by atoms with E-state index in [0.717, 1.165) is 24.5 Å². The molecule has 0 aromatic heterocycles. The van der Waals surface area contributed by atoms with Crippen LogP contribution in [0.25, 0.3) is 0 Å². The summed E-state index contributed by atoms with van der Waals surface area (Å²) in [5.41, 5.74) is 3.06. The van der Waals surface area contributed by atoms with Gasteiger partial charge in [-0.05, 0) is 75.0 Å². The molecule has 4 atom stereocenters. The summed E-state index contributed by atoms with van der Waals surface area (Å²) in [6.45, 7) is 2.50. The zero-order valence-corrected chi connectivity index (χ0v) is 15.4. The molecule has 3 fully saturated rings. The number of methoxy groups -OCH3 is 1. The van der Waals surface area contributed by atoms with E-state index in [1.807, 2.05) is 0 Å². The Hall–Kier alpha value is -1.06. The number of ether oxygens (including phenoxy) is 1. The summed E-state index contributed by atoms with van der Waals surface area (Å²) in [4.78, 5) is 2.83. The molecule has 5 rings (SSSR count). The average Bonchev–Trinajstić information content (AvgIpc) is 2.58. The predicted octanol–water partition coefficient (Wildman–Crippen LogP) is 3.52. The third-order valence-electron chi connectivity index (χ3n) is 7.88. The van der Waals surface area contributed by atoms with Gasteiger partial charge in [0.2, 0.25) is 0 Å². The lowest BCUT2D eigenvalue weighted by molar-refractivity contribution is -0.0564. The molecule has 0 spiro atoms. The zero-order chi connectivity index (χ0) is 17.0. The maximum absolute atomic E-state index is 10.5. The quantitative estimate of drug-likeness (QED) is 0.913. The fourth-order valence-electron chi connectivity index (χ4n) is 6.56. The van der Waals surface area contributed by atoms with Crippen molar-refractivity contribution in [3.05, 3.63) is 29.3 Å². The van der Waals surface area contributed by atoms with E-state index in [4.69, 9.17) is 4.74 Å². The highest BCUT2D eigenvalue weighted by Gasteiger charge is 2.56. The van der Waals surface area contributed by atoms with E-state index in [-0.39, 0.29) is 11.5 Å². The number of nitrogens with zero attached hydrogens (tertiary/aromatic N) is 1. The third kappa shape index (κ3) is 2.39. The van der Waals surface area contributed by atoms with Gasteiger partial charge in [0.1, 0.15) is 5.75 Å². The molecule has 1 aliphatic heterocycles. The van der Waals surface area contributed by atoms with Crippen LogP contribution < -0.4 is 4.74 Å². The number of hydrogen-bond donors (Lipinski definition) is 1. The topological polar surface area (TPSA) is 32.7 Å². The van der Waals surface area contributed by atoms with Crippen LogP contribution >= 0.6 is 0 Å². The summed E-state index contributed by atoms with van der Waals surface area (Å²) in [5, 5.41) is 10.5. The summed E-state index contributed by atoms with van der Waals surface area (Å²) in [5.74, 6) is 2.68. The van der Waals surface area contributed by atoms with Crippen molar-refractivity contribution >= 4 is 0 Å². The molecule has 3 heteroatoms. The van der Waals surface area contributed by atoms with Crippen molar-refractivity contribution in [2.45, 2.75) is 68.9 Å². The van der Waals surface area contributed by atoms with Crippen LogP contribution in [0, 0.1) is 11.8 Å². The average molecular weight is 341 g/mol. The first-order valence-electron chi connectivity index (χ1n) is 10.3. The lowest BCUT2D eigenvalue weighted by Gasteiger charge is -2.60. The Balaban J connectivity index is 1.57. The number of fused-ring (bicyclic) bond motifs is 1. The number of rotatable bonds is 3. The van der Waals surface area contributed by atoms with Gasteiger partial charge in [0.15, 0.2) is 0 Å². The van der Waals surface area contributed by atoms with E-state index in [0.29, 0.717) is 12.0 Å². The highest BCUT2D eigenvalue weighted by Crippen LogP contribution is 2.58. The summed E-state index contributed by atoms with van der Waals surface area (Å²) in [6.07, 6.45) is 9.58. The van der Waals surface area contributed by atoms with Gasteiger partial charge in [0.25, 0.3) is 0 Å². The van der Waals surface area contributed by atoms with Crippen molar-refractivity contribution in [1.29, 1.82) is 0 Å². The van der Waals surface area contributed by atoms with Crippen LogP contribution in [-0.4, -0.2) is 42.4 Å². The molecule has 0 unspecified atom stereocenters. The van der Waals surface area contributed by atoms with Gasteiger partial charge in [-0.15, -0.1) is 0 Å². The molecule has 2 saturated carbocycles. The van der Waals surface area contributed by atoms with Gasteiger partial charge >= 0.3 is 0 Å². The standard InChI is InChI=1S/C22H31NO2/c1-25-20-7-3-6-16-12-19-18-9-8-17(24)13-22(18,21(16)20)10-11-23(19)14-15-4-2-5-15/h3,6-7,15,17-19,24H,2,4-5,8-14H2,1H3/t17-,18-,19+,22-/m0/s1. The van der Waals surface area contributed by atoms with Gasteiger partial charge in [-0.2, -0.15) is 0 Å². The van der Waals surface area contributed by atoms with E-state index in [1.54, 1.807) is 7.11 Å². The molecule has 0 amide bonds. The smallest absolute Gasteiger partial charge is 0.122 e. The summed E-state index contributed by atoms with van der Waals surface area (Å²) in [6, 6.07) is 7.27. The van der Waals surface area contributed by atoms with Gasteiger partial charge < -0.3 is 9.84 Å². The maximum Gasteiger partial charge on any atom is 0.122 e. The molecule has 4 aliphatic rings. The molecule has 1 N–H and O–H groups in total. The normalized spacial score (nSPS) is 37.8. The highest BCUT2D eigenvalue weighted by molar-refractivity contribution is 5.50. The van der Waals surface area contributed by atoms with E-state index < -0.39 is 0 Å². The maximum atomic E-state index is 10.5. The molecule has 1 saturated heterocycles. The van der Waals surface area contributed by atoms with Crippen molar-refractivity contribution in [2.24, 2.45) is 11.8 Å². The lowest BCUT2D eigenvalue weighted by atomic mass is 9.51. The molecule has 1 aromatic carbocycles. The molecule has 136 valence electrons. The molecule has 25 heavy (non-hydrogen) atoms. The second kappa shape index (κ2) is 5.99. The van der Waals surface area contributed by atoms with Crippen LogP contribution in [0.2, 0.25) is 0 Å². The predicted molar refractivity (Wildman–Crippen MR) is 99.0 cm³/mol. The zero-order valence-electron chi connectivity index (χ0n) is 15.4. The van der Waals surface area contributed by atoms with E-state index in [1.165, 1.54) is 62.7 Å². The van der Waals surface area contributed by atoms with E-state index >= 15 is 0 Å². The number of hydrogen-bond acceptors (Lipinski definition) is 3. The van der Waals surface area contributed by atoms with Gasteiger partial charge in [-0.1, -0.05) is 18.6 Å². The molecule has 0 radical (unpaired) electrons. The Morgan fingerprint density at radius 3 is 2.88 bits per heavy atom. The molecule has 2 bridgehead atoms. The minimum Gasteiger partial charge on any atom is -0.496 e. The Kier molecular flexibility index (Phi) is 3.87. The Labute approximate surface area is 151 Å². The van der Waals surface area contributed by atoms with E-state index in [2.05, 4.69) is 23.1 Å². The Morgan fingerprint density at radius 2 is 2.12 bits per heavy atom. The van der Waals surface area contributed by atoms with Crippen LogP contribution in [0.15, 0.2) is 18.2 Å². The third-order valence-corrected chi connectivity index (χ3v) is 7.88. The van der Waals surface area contributed by atoms with E-state index in [9.17, 15) is 5.11 Å². The monoisotopic (exact) mass is 341 g/mol. The van der Waals surface area contributed by atoms with Crippen molar-refractivity contribution in [3.63, 3.8) is 0 Å². The first-order chi connectivity index (χ1) is 12.2. The Morgan fingerprint density at radius 1 is 1.24 bits per heavy atom. The fourth-order valence-corrected chi connectivity index (χ4v) is 6.56. The summed E-state index contributed by atoms with van der Waals surface area (Å²) in [7, 11) is 1.80. The minimum absolute atomic E-state index is 0.138. The van der Waals surface area contributed by atoms with Crippen molar-refractivity contribution in [3.8, 4) is 5.75 Å². The molecule has 3 nitrogen and oxygen atoms in total. The minimum atomic E-state index is -0.147. The van der Waals surface area contributed by atoms with Crippen LogP contribution in [0.4, 0.5) is 0 Å². The lowest BCUT2D eigenvalue weighted by Crippen LogP contribution is -2.63. The number of piperidine rings is 1. The van der Waals surface area contributed by atoms with Crippen LogP contribution in [-0.2, 0) is 11.8 Å². The van der Waals surface area contributed by atoms with Crippen LogP contribution in [0.5, 0.6) is 5.75 Å². The summed E-state index contributed by atoms with van der Waals surface area (Å²) < 4.78 is 5.81. The molecular weight excluding hydrogens is 310 g/mol. The SMILES string of the molecule is COc1cccc2c1[C@]13CCN(CC4CCC4)[C@H](C2)[C@@H]1CC[C@H](O)C3. The van der Waals surface area contributed by atoms with Crippen molar-refractivity contribution in [2.75, 3.05) is 20.2 Å². The molecule has 1 aromatic rings. The molecule has 3 aliphatic carbocycles. The van der Waals surface area contributed by atoms with Gasteiger partial charge in [0, 0.05) is 23.6 Å². The number of likely N-dealkylation sites (tertiary alicyclic amines) is 1. The number of benzene rings is 1. The highest BCUT2D eigenvalue weighted by atomic mass is 16.5. The first kappa shape index (κ1) is 16.1. The second-order valence-corrected chi connectivity index (χ2v) is 9.01. The molecule has 1 heterocycles.